The molecule has 0 unspecified atom stereocenters. The fraction of sp³-hybridized carbons (Fsp3) is 0. The molecule has 4 heteroatoms. The number of aromatic carboxylic acids is 1. The molecular weight excluding hydrogens is 242 g/mol. The quantitative estimate of drug-likeness (QED) is 0.775. The first kappa shape index (κ1) is 16.4. The molecule has 1 N–H and O–H groups in total. The third kappa shape index (κ3) is 3.99. The van der Waals surface area contributed by atoms with Crippen LogP contribution in [-0.2, 0) is 0 Å². The van der Waals surface area contributed by atoms with Gasteiger partial charge in [0.15, 0.2) is 0 Å². The van der Waals surface area contributed by atoms with Crippen molar-refractivity contribution in [2.75, 3.05) is 0 Å². The first-order valence-electron chi connectivity index (χ1n) is 4.00. The molecule has 2 nitrogen and oxygen atoms in total. The minimum atomic E-state index is -0.878. The Balaban J connectivity index is 0.000000980. The van der Waals surface area contributed by atoms with Crippen molar-refractivity contribution in [2.24, 2.45) is 0 Å². The van der Waals surface area contributed by atoms with Crippen LogP contribution in [0.15, 0.2) is 42.5 Å². The Morgan fingerprint density at radius 2 is 1.53 bits per heavy atom. The van der Waals surface area contributed by atoms with E-state index in [0.717, 1.165) is 10.8 Å². The van der Waals surface area contributed by atoms with Gasteiger partial charge in [0.2, 0.25) is 0 Å². The number of hydrogen-bond acceptors (Lipinski definition) is 1. The summed E-state index contributed by atoms with van der Waals surface area (Å²) >= 11 is 0. The van der Waals surface area contributed by atoms with Gasteiger partial charge in [0, 0.05) is 0 Å². The third-order valence-electron chi connectivity index (χ3n) is 2.02. The number of carboxylic acid groups (broad SMARTS) is 1. The third-order valence-corrected chi connectivity index (χ3v) is 2.02. The van der Waals surface area contributed by atoms with Gasteiger partial charge in [-0.2, -0.15) is 0 Å². The van der Waals surface area contributed by atoms with Crippen molar-refractivity contribution in [2.45, 2.75) is 0 Å². The van der Waals surface area contributed by atoms with Crippen molar-refractivity contribution in [3.63, 3.8) is 0 Å². The van der Waals surface area contributed by atoms with Gasteiger partial charge in [0.05, 0.1) is 5.56 Å². The molecule has 0 heterocycles. The molecule has 0 radical (unpaired) electrons. The van der Waals surface area contributed by atoms with E-state index in [1.165, 1.54) is 0 Å². The second-order valence-corrected chi connectivity index (χ2v) is 2.83. The molecule has 0 atom stereocenters. The van der Waals surface area contributed by atoms with E-state index in [0.29, 0.717) is 5.56 Å². The number of carboxylic acids is 1. The molecule has 0 aromatic heterocycles. The Hall–Kier alpha value is 1.44. The Kier molecular flexibility index (Phi) is 8.45. The Bertz CT molecular complexity index is 464. The zero-order valence-corrected chi connectivity index (χ0v) is 6.90. The van der Waals surface area contributed by atoms with E-state index in [9.17, 15) is 4.79 Å². The number of benzene rings is 2. The van der Waals surface area contributed by atoms with Crippen molar-refractivity contribution in [3.05, 3.63) is 48.0 Å². The second-order valence-electron chi connectivity index (χ2n) is 2.83. The van der Waals surface area contributed by atoms with E-state index in [4.69, 9.17) is 5.11 Å². The van der Waals surface area contributed by atoms with Crippen molar-refractivity contribution in [1.82, 2.24) is 0 Å². The van der Waals surface area contributed by atoms with Gasteiger partial charge in [-0.15, -0.1) is 0 Å². The van der Waals surface area contributed by atoms with E-state index in [-0.39, 0.29) is 103 Å². The average molecular weight is 252 g/mol. The summed E-state index contributed by atoms with van der Waals surface area (Å²) < 4.78 is 0. The molecule has 68 valence electrons. The molecule has 2 aromatic rings. The molecule has 0 amide bonds. The number of carbonyl (C=O) groups is 1. The van der Waals surface area contributed by atoms with Crippen molar-refractivity contribution >= 4 is 120 Å². The van der Waals surface area contributed by atoms with Gasteiger partial charge in [-0.3, -0.25) is 0 Å². The molecule has 2 aromatic carbocycles. The fourth-order valence-corrected chi connectivity index (χ4v) is 1.41. The fourth-order valence-electron chi connectivity index (χ4n) is 1.41. The first-order valence-corrected chi connectivity index (χ1v) is 4.00. The molecule has 0 saturated carbocycles. The number of rotatable bonds is 1. The van der Waals surface area contributed by atoms with Gasteiger partial charge in [-0.05, 0) is 16.8 Å². The predicted octanol–water partition coefficient (Wildman–Crippen LogP) is 1.24. The first-order chi connectivity index (χ1) is 6.29. The molecule has 0 aliphatic rings. The normalized spacial score (nSPS) is 8.80. The summed E-state index contributed by atoms with van der Waals surface area (Å²) in [5.74, 6) is -0.878. The summed E-state index contributed by atoms with van der Waals surface area (Å²) in [5.41, 5.74) is 0.359. The van der Waals surface area contributed by atoms with Crippen molar-refractivity contribution < 1.29 is 9.90 Å². The molecule has 0 fully saturated rings. The molecule has 2 rings (SSSR count). The molecule has 0 spiro atoms. The molecule has 15 heavy (non-hydrogen) atoms. The summed E-state index contributed by atoms with van der Waals surface area (Å²) in [4.78, 5) is 10.8. The monoisotopic (exact) mass is 252 g/mol. The molecule has 0 bridgehead atoms. The van der Waals surface area contributed by atoms with E-state index >= 15 is 0 Å². The molecular formula is C11H10K2O2. The predicted molar refractivity (Wildman–Crippen MR) is 65.2 cm³/mol. The summed E-state index contributed by atoms with van der Waals surface area (Å²) in [6.07, 6.45) is 0. The summed E-state index contributed by atoms with van der Waals surface area (Å²) in [5, 5.41) is 10.6. The molecule has 0 aliphatic heterocycles. The topological polar surface area (TPSA) is 37.3 Å². The van der Waals surface area contributed by atoms with Crippen molar-refractivity contribution in [1.29, 1.82) is 0 Å². The van der Waals surface area contributed by atoms with Gasteiger partial charge in [0.1, 0.15) is 0 Å². The average Bonchev–Trinajstić information content (AvgIpc) is 2.17. The van der Waals surface area contributed by atoms with Crippen LogP contribution >= 0.6 is 0 Å². The van der Waals surface area contributed by atoms with Crippen LogP contribution in [0.4, 0.5) is 0 Å². The number of fused-ring (bicyclic) bond motifs is 1. The zero-order chi connectivity index (χ0) is 9.26. The summed E-state index contributed by atoms with van der Waals surface area (Å²) in [6.45, 7) is 0. The molecule has 0 aliphatic carbocycles. The van der Waals surface area contributed by atoms with Crippen molar-refractivity contribution in [3.8, 4) is 0 Å². The van der Waals surface area contributed by atoms with Gasteiger partial charge in [0.25, 0.3) is 0 Å². The van der Waals surface area contributed by atoms with Crippen LogP contribution in [0, 0.1) is 0 Å². The van der Waals surface area contributed by atoms with Crippen LogP contribution in [0.3, 0.4) is 0 Å². The second kappa shape index (κ2) is 7.71. The standard InChI is InChI=1S/C11H8O2.2K.2H/c12-11(13)10-7-3-5-8-4-1-2-6-9(8)10;;;;/h1-7H,(H,12,13);;;;. The van der Waals surface area contributed by atoms with E-state index in [2.05, 4.69) is 0 Å². The maximum atomic E-state index is 10.8. The summed E-state index contributed by atoms with van der Waals surface area (Å²) in [6, 6.07) is 12.7. The van der Waals surface area contributed by atoms with Gasteiger partial charge in [-0.1, -0.05) is 36.4 Å². The van der Waals surface area contributed by atoms with E-state index < -0.39 is 5.97 Å². The van der Waals surface area contributed by atoms with E-state index in [1.54, 1.807) is 12.1 Å². The van der Waals surface area contributed by atoms with E-state index in [1.807, 2.05) is 30.3 Å². The van der Waals surface area contributed by atoms with Crippen LogP contribution in [0.5, 0.6) is 0 Å². The maximum absolute atomic E-state index is 10.8. The summed E-state index contributed by atoms with van der Waals surface area (Å²) in [7, 11) is 0. The van der Waals surface area contributed by atoms with Gasteiger partial charge < -0.3 is 5.11 Å². The molecule has 0 saturated heterocycles. The van der Waals surface area contributed by atoms with Crippen LogP contribution in [0.2, 0.25) is 0 Å². The van der Waals surface area contributed by atoms with Crippen LogP contribution < -0.4 is 0 Å². The van der Waals surface area contributed by atoms with Crippen LogP contribution in [0.25, 0.3) is 10.8 Å². The van der Waals surface area contributed by atoms with Gasteiger partial charge >= 0.3 is 109 Å². The Labute approximate surface area is 173 Å². The van der Waals surface area contributed by atoms with Crippen LogP contribution in [0.1, 0.15) is 10.4 Å². The minimum absolute atomic E-state index is 0. The zero-order valence-electron chi connectivity index (χ0n) is 6.90. The SMILES string of the molecule is O=C(O)c1cccc2ccccc12.[KH].[KH]. The Morgan fingerprint density at radius 1 is 0.933 bits per heavy atom. The van der Waals surface area contributed by atoms with Crippen LogP contribution in [-0.4, -0.2) is 114 Å². The Morgan fingerprint density at radius 3 is 2.20 bits per heavy atom. The number of hydrogen-bond donors (Lipinski definition) is 1. The van der Waals surface area contributed by atoms with Gasteiger partial charge in [-0.25, -0.2) is 4.79 Å².